The van der Waals surface area contributed by atoms with Crippen molar-refractivity contribution in [3.8, 4) is 0 Å². The molecule has 27 heavy (non-hydrogen) atoms. The predicted molar refractivity (Wildman–Crippen MR) is 108 cm³/mol. The van der Waals surface area contributed by atoms with Crippen molar-refractivity contribution in [3.63, 3.8) is 0 Å². The SMILES string of the molecule is Cc1cccc(NC(=O)c2ccc(Cl)c(S(=O)(=O)N3CCCCCC3)c2)c1. The van der Waals surface area contributed by atoms with Crippen molar-refractivity contribution in [2.24, 2.45) is 0 Å². The van der Waals surface area contributed by atoms with Crippen LogP contribution < -0.4 is 5.32 Å². The molecule has 1 N–H and O–H groups in total. The van der Waals surface area contributed by atoms with Crippen molar-refractivity contribution >= 4 is 33.2 Å². The number of amides is 1. The van der Waals surface area contributed by atoms with Crippen LogP contribution in [0.15, 0.2) is 47.4 Å². The Bertz CT molecular complexity index is 936. The molecule has 0 radical (unpaired) electrons. The van der Waals surface area contributed by atoms with Gasteiger partial charge in [0.15, 0.2) is 0 Å². The van der Waals surface area contributed by atoms with E-state index in [2.05, 4.69) is 5.32 Å². The molecule has 1 amide bonds. The molecule has 144 valence electrons. The van der Waals surface area contributed by atoms with Gasteiger partial charge in [-0.3, -0.25) is 4.79 Å². The number of anilines is 1. The summed E-state index contributed by atoms with van der Waals surface area (Å²) in [6, 6.07) is 11.8. The predicted octanol–water partition coefficient (Wildman–Crippen LogP) is 4.47. The number of aryl methyl sites for hydroxylation is 1. The smallest absolute Gasteiger partial charge is 0.255 e. The van der Waals surface area contributed by atoms with Gasteiger partial charge >= 0.3 is 0 Å². The Morgan fingerprint density at radius 1 is 1.04 bits per heavy atom. The topological polar surface area (TPSA) is 66.5 Å². The van der Waals surface area contributed by atoms with Crippen molar-refractivity contribution < 1.29 is 13.2 Å². The molecule has 5 nitrogen and oxygen atoms in total. The molecule has 7 heteroatoms. The zero-order chi connectivity index (χ0) is 19.4. The number of benzene rings is 2. The first-order valence-corrected chi connectivity index (χ1v) is 10.9. The van der Waals surface area contributed by atoms with Crippen LogP contribution in [-0.4, -0.2) is 31.7 Å². The van der Waals surface area contributed by atoms with Gasteiger partial charge in [0.1, 0.15) is 4.90 Å². The van der Waals surface area contributed by atoms with E-state index >= 15 is 0 Å². The van der Waals surface area contributed by atoms with Gasteiger partial charge in [0.25, 0.3) is 5.91 Å². The van der Waals surface area contributed by atoms with E-state index in [0.717, 1.165) is 31.2 Å². The van der Waals surface area contributed by atoms with Gasteiger partial charge in [-0.05, 0) is 55.7 Å². The first-order chi connectivity index (χ1) is 12.9. The number of sulfonamides is 1. The third-order valence-corrected chi connectivity index (χ3v) is 7.03. The Morgan fingerprint density at radius 2 is 1.74 bits per heavy atom. The fourth-order valence-electron chi connectivity index (χ4n) is 3.19. The first kappa shape index (κ1) is 19.9. The maximum Gasteiger partial charge on any atom is 0.255 e. The Morgan fingerprint density at radius 3 is 2.41 bits per heavy atom. The van der Waals surface area contributed by atoms with Crippen LogP contribution in [0.1, 0.15) is 41.6 Å². The van der Waals surface area contributed by atoms with Gasteiger partial charge in [0, 0.05) is 24.3 Å². The summed E-state index contributed by atoms with van der Waals surface area (Å²) >= 11 is 6.19. The molecule has 0 unspecified atom stereocenters. The fourth-order valence-corrected chi connectivity index (χ4v) is 5.21. The number of carbonyl (C=O) groups excluding carboxylic acids is 1. The highest BCUT2D eigenvalue weighted by molar-refractivity contribution is 7.89. The van der Waals surface area contributed by atoms with Crippen molar-refractivity contribution in [3.05, 3.63) is 58.6 Å². The summed E-state index contributed by atoms with van der Waals surface area (Å²) in [7, 11) is -3.73. The van der Waals surface area contributed by atoms with Crippen LogP contribution in [-0.2, 0) is 10.0 Å². The third kappa shape index (κ3) is 4.69. The van der Waals surface area contributed by atoms with Crippen molar-refractivity contribution in [1.82, 2.24) is 4.31 Å². The van der Waals surface area contributed by atoms with E-state index in [-0.39, 0.29) is 21.4 Å². The fraction of sp³-hybridized carbons (Fsp3) is 0.350. The molecular formula is C20H23ClN2O3S. The number of rotatable bonds is 4. The maximum atomic E-state index is 13.0. The van der Waals surface area contributed by atoms with Crippen molar-refractivity contribution in [2.75, 3.05) is 18.4 Å². The number of halogens is 1. The highest BCUT2D eigenvalue weighted by Gasteiger charge is 2.28. The second-order valence-corrected chi connectivity index (χ2v) is 9.10. The monoisotopic (exact) mass is 406 g/mol. The summed E-state index contributed by atoms with van der Waals surface area (Å²) in [6.45, 7) is 2.90. The highest BCUT2D eigenvalue weighted by atomic mass is 35.5. The summed E-state index contributed by atoms with van der Waals surface area (Å²) in [6.07, 6.45) is 3.73. The van der Waals surface area contributed by atoms with E-state index in [4.69, 9.17) is 11.6 Å². The molecule has 0 aliphatic carbocycles. The van der Waals surface area contributed by atoms with Gasteiger partial charge in [-0.15, -0.1) is 0 Å². The van der Waals surface area contributed by atoms with Crippen LogP contribution in [0.25, 0.3) is 0 Å². The normalized spacial score (nSPS) is 15.9. The molecule has 0 aromatic heterocycles. The van der Waals surface area contributed by atoms with Crippen molar-refractivity contribution in [2.45, 2.75) is 37.5 Å². The molecule has 1 saturated heterocycles. The zero-order valence-corrected chi connectivity index (χ0v) is 16.8. The van der Waals surface area contributed by atoms with Gasteiger partial charge in [-0.1, -0.05) is 36.6 Å². The van der Waals surface area contributed by atoms with Crippen LogP contribution in [0.3, 0.4) is 0 Å². The minimum atomic E-state index is -3.73. The number of hydrogen-bond acceptors (Lipinski definition) is 3. The summed E-state index contributed by atoms with van der Waals surface area (Å²) in [5.41, 5.74) is 1.94. The molecule has 2 aromatic carbocycles. The van der Waals surface area contributed by atoms with E-state index in [1.54, 1.807) is 6.07 Å². The van der Waals surface area contributed by atoms with E-state index in [9.17, 15) is 13.2 Å². The summed E-state index contributed by atoms with van der Waals surface area (Å²) in [4.78, 5) is 12.6. The zero-order valence-electron chi connectivity index (χ0n) is 15.2. The van der Waals surface area contributed by atoms with Crippen molar-refractivity contribution in [1.29, 1.82) is 0 Å². The second-order valence-electron chi connectivity index (χ2n) is 6.79. The summed E-state index contributed by atoms with van der Waals surface area (Å²) in [5.74, 6) is -0.371. The van der Waals surface area contributed by atoms with E-state index in [1.807, 2.05) is 25.1 Å². The molecular weight excluding hydrogens is 384 g/mol. The molecule has 3 rings (SSSR count). The van der Waals surface area contributed by atoms with E-state index in [1.165, 1.54) is 22.5 Å². The Balaban J connectivity index is 1.88. The quantitative estimate of drug-likeness (QED) is 0.814. The van der Waals surface area contributed by atoms with Crippen LogP contribution >= 0.6 is 11.6 Å². The molecule has 0 spiro atoms. The Hall–Kier alpha value is -1.89. The van der Waals surface area contributed by atoms with E-state index < -0.39 is 10.0 Å². The summed E-state index contributed by atoms with van der Waals surface area (Å²) < 4.78 is 27.6. The minimum Gasteiger partial charge on any atom is -0.322 e. The number of nitrogens with one attached hydrogen (secondary N) is 1. The molecule has 0 saturated carbocycles. The van der Waals surface area contributed by atoms with Gasteiger partial charge in [0.2, 0.25) is 10.0 Å². The Labute approximate surface area is 165 Å². The lowest BCUT2D eigenvalue weighted by atomic mass is 10.2. The van der Waals surface area contributed by atoms with Gasteiger partial charge in [-0.25, -0.2) is 8.42 Å². The molecule has 1 aliphatic heterocycles. The lowest BCUT2D eigenvalue weighted by molar-refractivity contribution is 0.102. The largest absolute Gasteiger partial charge is 0.322 e. The van der Waals surface area contributed by atoms with Gasteiger partial charge < -0.3 is 5.32 Å². The van der Waals surface area contributed by atoms with Crippen LogP contribution in [0.2, 0.25) is 5.02 Å². The average molecular weight is 407 g/mol. The molecule has 1 fully saturated rings. The number of carbonyl (C=O) groups is 1. The highest BCUT2D eigenvalue weighted by Crippen LogP contribution is 2.28. The lowest BCUT2D eigenvalue weighted by Crippen LogP contribution is -2.32. The minimum absolute atomic E-state index is 0.0111. The van der Waals surface area contributed by atoms with Crippen LogP contribution in [0.5, 0.6) is 0 Å². The number of hydrogen-bond donors (Lipinski definition) is 1. The van der Waals surface area contributed by atoms with Crippen LogP contribution in [0.4, 0.5) is 5.69 Å². The molecule has 1 aliphatic rings. The standard InChI is InChI=1S/C20H23ClN2O3S/c1-15-7-6-8-17(13-15)22-20(24)16-9-10-18(21)19(14-16)27(25,26)23-11-4-2-3-5-12-23/h6-10,13-14H,2-5,11-12H2,1H3,(H,22,24). The number of nitrogens with zero attached hydrogens (tertiary/aromatic N) is 1. The van der Waals surface area contributed by atoms with Gasteiger partial charge in [-0.2, -0.15) is 4.31 Å². The van der Waals surface area contributed by atoms with Crippen LogP contribution in [0, 0.1) is 6.92 Å². The lowest BCUT2D eigenvalue weighted by Gasteiger charge is -2.21. The second kappa shape index (κ2) is 8.42. The Kier molecular flexibility index (Phi) is 6.19. The average Bonchev–Trinajstić information content (AvgIpc) is 2.92. The molecule has 1 heterocycles. The molecule has 2 aromatic rings. The van der Waals surface area contributed by atoms with E-state index in [0.29, 0.717) is 18.8 Å². The summed E-state index contributed by atoms with van der Waals surface area (Å²) in [5, 5.41) is 2.93. The maximum absolute atomic E-state index is 13.0. The third-order valence-electron chi connectivity index (χ3n) is 4.65. The molecule has 0 atom stereocenters. The first-order valence-electron chi connectivity index (χ1n) is 9.05. The molecule has 0 bridgehead atoms. The van der Waals surface area contributed by atoms with Gasteiger partial charge in [0.05, 0.1) is 5.02 Å².